The highest BCUT2D eigenvalue weighted by Crippen LogP contribution is 2.28. The monoisotopic (exact) mass is 403 g/mol. The SMILES string of the molecule is Cc1nc(-c2ccccc2)sc1C(=O)OCC(=O)c1ccc(OC(F)F)cc1. The number of aryl methyl sites for hydroxylation is 1. The lowest BCUT2D eigenvalue weighted by Gasteiger charge is -2.06. The second-order valence-electron chi connectivity index (χ2n) is 5.70. The molecule has 8 heteroatoms. The number of aromatic nitrogens is 1. The summed E-state index contributed by atoms with van der Waals surface area (Å²) in [7, 11) is 0. The van der Waals surface area contributed by atoms with E-state index in [0.29, 0.717) is 15.6 Å². The molecule has 3 aromatic rings. The molecule has 0 aliphatic heterocycles. The first-order valence-electron chi connectivity index (χ1n) is 8.22. The fraction of sp³-hybridized carbons (Fsp3) is 0.150. The number of thiazole rings is 1. The van der Waals surface area contributed by atoms with Gasteiger partial charge in [0.25, 0.3) is 0 Å². The van der Waals surface area contributed by atoms with Gasteiger partial charge in [0.1, 0.15) is 15.6 Å². The van der Waals surface area contributed by atoms with Gasteiger partial charge < -0.3 is 9.47 Å². The van der Waals surface area contributed by atoms with Crippen molar-refractivity contribution in [3.8, 4) is 16.3 Å². The standard InChI is InChI=1S/C20H15F2NO4S/c1-12-17(28-18(23-12)14-5-3-2-4-6-14)19(25)26-11-16(24)13-7-9-15(10-8-13)27-20(21)22/h2-10,20H,11H2,1H3. The Bertz CT molecular complexity index is 972. The first kappa shape index (κ1) is 19.6. The van der Waals surface area contributed by atoms with Gasteiger partial charge in [-0.3, -0.25) is 4.79 Å². The number of ether oxygens (including phenoxy) is 2. The van der Waals surface area contributed by atoms with E-state index in [0.717, 1.165) is 5.56 Å². The van der Waals surface area contributed by atoms with E-state index in [4.69, 9.17) is 4.74 Å². The van der Waals surface area contributed by atoms with Crippen LogP contribution in [-0.2, 0) is 4.74 Å². The maximum Gasteiger partial charge on any atom is 0.387 e. The molecule has 0 saturated carbocycles. The number of alkyl halides is 2. The van der Waals surface area contributed by atoms with Crippen molar-refractivity contribution in [1.29, 1.82) is 0 Å². The molecule has 0 saturated heterocycles. The van der Waals surface area contributed by atoms with Crippen LogP contribution in [0.5, 0.6) is 5.75 Å². The van der Waals surface area contributed by atoms with Crippen LogP contribution in [0.3, 0.4) is 0 Å². The molecule has 2 aromatic carbocycles. The van der Waals surface area contributed by atoms with Crippen molar-refractivity contribution in [3.05, 3.63) is 70.7 Å². The molecule has 0 fully saturated rings. The van der Waals surface area contributed by atoms with Crippen molar-refractivity contribution in [1.82, 2.24) is 4.98 Å². The summed E-state index contributed by atoms with van der Waals surface area (Å²) in [5.41, 5.74) is 1.63. The number of carbonyl (C=O) groups excluding carboxylic acids is 2. The van der Waals surface area contributed by atoms with Crippen LogP contribution >= 0.6 is 11.3 Å². The number of carbonyl (C=O) groups is 2. The van der Waals surface area contributed by atoms with Gasteiger partial charge in [-0.05, 0) is 31.2 Å². The first-order chi connectivity index (χ1) is 13.4. The van der Waals surface area contributed by atoms with E-state index in [9.17, 15) is 18.4 Å². The highest BCUT2D eigenvalue weighted by Gasteiger charge is 2.19. The molecule has 0 aliphatic carbocycles. The maximum absolute atomic E-state index is 12.3. The molecule has 0 unspecified atom stereocenters. The van der Waals surface area contributed by atoms with Crippen LogP contribution in [0.2, 0.25) is 0 Å². The first-order valence-corrected chi connectivity index (χ1v) is 9.03. The van der Waals surface area contributed by atoms with Crippen molar-refractivity contribution in [2.75, 3.05) is 6.61 Å². The number of benzene rings is 2. The lowest BCUT2D eigenvalue weighted by atomic mass is 10.1. The molecule has 144 valence electrons. The van der Waals surface area contributed by atoms with Crippen LogP contribution < -0.4 is 4.74 Å². The zero-order valence-corrected chi connectivity index (χ0v) is 15.5. The van der Waals surface area contributed by atoms with Crippen molar-refractivity contribution in [2.45, 2.75) is 13.5 Å². The number of esters is 1. The van der Waals surface area contributed by atoms with Gasteiger partial charge in [0, 0.05) is 11.1 Å². The summed E-state index contributed by atoms with van der Waals surface area (Å²) in [5.74, 6) is -1.15. The van der Waals surface area contributed by atoms with Gasteiger partial charge in [0.15, 0.2) is 12.4 Å². The average molecular weight is 403 g/mol. The predicted molar refractivity (Wildman–Crippen MR) is 100.0 cm³/mol. The summed E-state index contributed by atoms with van der Waals surface area (Å²) in [6.45, 7) is -1.71. The minimum absolute atomic E-state index is 0.0581. The molecule has 3 rings (SSSR count). The fourth-order valence-corrected chi connectivity index (χ4v) is 3.36. The molecule has 0 radical (unpaired) electrons. The number of hydrogen-bond acceptors (Lipinski definition) is 6. The van der Waals surface area contributed by atoms with Gasteiger partial charge in [-0.15, -0.1) is 11.3 Å². The number of halogens is 2. The molecular weight excluding hydrogens is 388 g/mol. The zero-order valence-electron chi connectivity index (χ0n) is 14.7. The molecule has 0 amide bonds. The number of hydrogen-bond donors (Lipinski definition) is 0. The third-order valence-electron chi connectivity index (χ3n) is 3.74. The largest absolute Gasteiger partial charge is 0.453 e. The summed E-state index contributed by atoms with van der Waals surface area (Å²) < 4.78 is 33.6. The van der Waals surface area contributed by atoms with Crippen LogP contribution in [-0.4, -0.2) is 30.0 Å². The van der Waals surface area contributed by atoms with Crippen LogP contribution in [0.1, 0.15) is 25.7 Å². The predicted octanol–water partition coefficient (Wildman–Crippen LogP) is 4.76. The summed E-state index contributed by atoms with van der Waals surface area (Å²) in [6.07, 6.45) is 0. The molecule has 0 spiro atoms. The van der Waals surface area contributed by atoms with Gasteiger partial charge in [-0.25, -0.2) is 9.78 Å². The Hall–Kier alpha value is -3.13. The van der Waals surface area contributed by atoms with Gasteiger partial charge in [-0.2, -0.15) is 8.78 Å². The van der Waals surface area contributed by atoms with Gasteiger partial charge >= 0.3 is 12.6 Å². The maximum atomic E-state index is 12.3. The molecular formula is C20H15F2NO4S. The average Bonchev–Trinajstić information content (AvgIpc) is 3.08. The summed E-state index contributed by atoms with van der Waals surface area (Å²) >= 11 is 1.19. The van der Waals surface area contributed by atoms with Crippen LogP contribution in [0, 0.1) is 6.92 Å². The fourth-order valence-electron chi connectivity index (χ4n) is 2.39. The Morgan fingerprint density at radius 1 is 1.07 bits per heavy atom. The molecule has 28 heavy (non-hydrogen) atoms. The normalized spacial score (nSPS) is 10.7. The van der Waals surface area contributed by atoms with E-state index in [2.05, 4.69) is 9.72 Å². The Kier molecular flexibility index (Phi) is 6.10. The Balaban J connectivity index is 1.62. The van der Waals surface area contributed by atoms with E-state index < -0.39 is 25.0 Å². The Labute approximate surface area is 163 Å². The summed E-state index contributed by atoms with van der Waals surface area (Å²) in [5, 5.41) is 0.686. The van der Waals surface area contributed by atoms with Crippen LogP contribution in [0.25, 0.3) is 10.6 Å². The highest BCUT2D eigenvalue weighted by atomic mass is 32.1. The Morgan fingerprint density at radius 2 is 1.75 bits per heavy atom. The molecule has 1 aromatic heterocycles. The number of ketones is 1. The molecule has 0 atom stereocenters. The highest BCUT2D eigenvalue weighted by molar-refractivity contribution is 7.17. The minimum Gasteiger partial charge on any atom is -0.453 e. The Morgan fingerprint density at radius 3 is 2.39 bits per heavy atom. The van der Waals surface area contributed by atoms with Gasteiger partial charge in [0.05, 0.1) is 5.69 Å². The van der Waals surface area contributed by atoms with E-state index in [-0.39, 0.29) is 11.3 Å². The minimum atomic E-state index is -2.94. The number of Topliss-reactive ketones (excluding diaryl/α,β-unsaturated/α-hetero) is 1. The van der Waals surface area contributed by atoms with E-state index in [1.54, 1.807) is 6.92 Å². The van der Waals surface area contributed by atoms with E-state index in [1.807, 2.05) is 30.3 Å². The lowest BCUT2D eigenvalue weighted by molar-refractivity contribution is -0.0498. The third-order valence-corrected chi connectivity index (χ3v) is 4.93. The summed E-state index contributed by atoms with van der Waals surface area (Å²) in [4.78, 5) is 29.2. The molecule has 0 bridgehead atoms. The van der Waals surface area contributed by atoms with Crippen LogP contribution in [0.4, 0.5) is 8.78 Å². The summed E-state index contributed by atoms with van der Waals surface area (Å²) in [6, 6.07) is 14.6. The smallest absolute Gasteiger partial charge is 0.387 e. The van der Waals surface area contributed by atoms with Crippen molar-refractivity contribution < 1.29 is 27.8 Å². The van der Waals surface area contributed by atoms with Crippen molar-refractivity contribution in [2.24, 2.45) is 0 Å². The quantitative estimate of drug-likeness (QED) is 0.420. The molecule has 5 nitrogen and oxygen atoms in total. The van der Waals surface area contributed by atoms with E-state index in [1.165, 1.54) is 35.6 Å². The van der Waals surface area contributed by atoms with Crippen LogP contribution in [0.15, 0.2) is 54.6 Å². The molecule has 0 N–H and O–H groups in total. The van der Waals surface area contributed by atoms with Crippen molar-refractivity contribution >= 4 is 23.1 Å². The zero-order chi connectivity index (χ0) is 20.1. The molecule has 0 aliphatic rings. The van der Waals surface area contributed by atoms with Gasteiger partial charge in [-0.1, -0.05) is 30.3 Å². The second kappa shape index (κ2) is 8.71. The number of rotatable bonds is 7. The lowest BCUT2D eigenvalue weighted by Crippen LogP contribution is -2.14. The van der Waals surface area contributed by atoms with Gasteiger partial charge in [0.2, 0.25) is 0 Å². The second-order valence-corrected chi connectivity index (χ2v) is 6.70. The number of nitrogens with zero attached hydrogens (tertiary/aromatic N) is 1. The topological polar surface area (TPSA) is 65.5 Å². The third kappa shape index (κ3) is 4.77. The molecule has 1 heterocycles. The van der Waals surface area contributed by atoms with Crippen molar-refractivity contribution in [3.63, 3.8) is 0 Å². The van der Waals surface area contributed by atoms with E-state index >= 15 is 0 Å².